The van der Waals surface area contributed by atoms with Crippen LogP contribution in [0.1, 0.15) is 29.0 Å². The third-order valence-corrected chi connectivity index (χ3v) is 5.85. The molecule has 4 rings (SSSR count). The molecule has 1 heterocycles. The summed E-state index contributed by atoms with van der Waals surface area (Å²) in [6.07, 6.45) is 1.17. The summed E-state index contributed by atoms with van der Waals surface area (Å²) in [5.41, 5.74) is 4.27. The van der Waals surface area contributed by atoms with Crippen LogP contribution in [0, 0.1) is 0 Å². The summed E-state index contributed by atoms with van der Waals surface area (Å²) >= 11 is 0. The maximum Gasteiger partial charge on any atom is 0.0234 e. The van der Waals surface area contributed by atoms with Crippen LogP contribution in [-0.4, -0.2) is 42.5 Å². The molecule has 0 bridgehead atoms. The predicted molar refractivity (Wildman–Crippen MR) is 132 cm³/mol. The van der Waals surface area contributed by atoms with Gasteiger partial charge in [0.15, 0.2) is 0 Å². The Morgan fingerprint density at radius 2 is 1.00 bits per heavy atom. The molecule has 3 aromatic carbocycles. The molecular formula is C26H32Cl2N2. The number of hydrogen-bond acceptors (Lipinski definition) is 2. The fraction of sp³-hybridized carbons (Fsp3) is 0.308. The number of halogens is 2. The normalized spacial score (nSPS) is 14.7. The van der Waals surface area contributed by atoms with Crippen molar-refractivity contribution in [2.24, 2.45) is 0 Å². The molecule has 1 aliphatic rings. The van der Waals surface area contributed by atoms with E-state index in [1.54, 1.807) is 0 Å². The van der Waals surface area contributed by atoms with E-state index in [9.17, 15) is 0 Å². The highest BCUT2D eigenvalue weighted by molar-refractivity contribution is 5.85. The maximum absolute atomic E-state index is 2.64. The Morgan fingerprint density at radius 3 is 1.50 bits per heavy atom. The third-order valence-electron chi connectivity index (χ3n) is 5.85. The standard InChI is InChI=1S/C26H30N2.2ClH/c1-4-10-23(11-5-1)22-28-20-18-27(19-21-28)17-16-26(24-12-6-2-7-13-24)25-14-8-3-9-15-25;;/h1-15,26H,16-22H2;2*1H. The second-order valence-electron chi connectivity index (χ2n) is 7.77. The molecule has 0 aromatic heterocycles. The van der Waals surface area contributed by atoms with Crippen LogP contribution in [-0.2, 0) is 6.54 Å². The quantitative estimate of drug-likeness (QED) is 0.451. The molecule has 2 nitrogen and oxygen atoms in total. The van der Waals surface area contributed by atoms with Gasteiger partial charge in [0.2, 0.25) is 0 Å². The summed E-state index contributed by atoms with van der Waals surface area (Å²) in [5.74, 6) is 0.477. The molecule has 160 valence electrons. The van der Waals surface area contributed by atoms with Crippen molar-refractivity contribution in [2.75, 3.05) is 32.7 Å². The molecule has 0 aliphatic carbocycles. The van der Waals surface area contributed by atoms with E-state index in [0.717, 1.165) is 26.2 Å². The predicted octanol–water partition coefficient (Wildman–Crippen LogP) is 5.87. The van der Waals surface area contributed by atoms with Crippen molar-refractivity contribution < 1.29 is 0 Å². The summed E-state index contributed by atoms with van der Waals surface area (Å²) in [4.78, 5) is 5.22. The summed E-state index contributed by atoms with van der Waals surface area (Å²) < 4.78 is 0. The van der Waals surface area contributed by atoms with Crippen molar-refractivity contribution in [3.63, 3.8) is 0 Å². The van der Waals surface area contributed by atoms with Crippen LogP contribution in [0.3, 0.4) is 0 Å². The molecule has 0 amide bonds. The van der Waals surface area contributed by atoms with Gasteiger partial charge in [0.05, 0.1) is 0 Å². The van der Waals surface area contributed by atoms with Gasteiger partial charge >= 0.3 is 0 Å². The molecule has 0 radical (unpaired) electrons. The minimum Gasteiger partial charge on any atom is -0.301 e. The summed E-state index contributed by atoms with van der Waals surface area (Å²) in [6, 6.07) is 32.8. The minimum absolute atomic E-state index is 0. The average molecular weight is 443 g/mol. The topological polar surface area (TPSA) is 6.48 Å². The van der Waals surface area contributed by atoms with Gasteiger partial charge in [-0.2, -0.15) is 0 Å². The van der Waals surface area contributed by atoms with Crippen LogP contribution < -0.4 is 0 Å². The molecular weight excluding hydrogens is 411 g/mol. The molecule has 1 fully saturated rings. The molecule has 0 unspecified atom stereocenters. The van der Waals surface area contributed by atoms with Gasteiger partial charge in [0.25, 0.3) is 0 Å². The summed E-state index contributed by atoms with van der Waals surface area (Å²) in [5, 5.41) is 0. The van der Waals surface area contributed by atoms with Crippen LogP contribution >= 0.6 is 24.8 Å². The Balaban J connectivity index is 0.00000160. The lowest BCUT2D eigenvalue weighted by Crippen LogP contribution is -2.46. The molecule has 1 aliphatic heterocycles. The van der Waals surface area contributed by atoms with Gasteiger partial charge in [0.1, 0.15) is 0 Å². The lowest BCUT2D eigenvalue weighted by atomic mass is 9.88. The highest BCUT2D eigenvalue weighted by Crippen LogP contribution is 2.28. The molecule has 3 aromatic rings. The molecule has 0 N–H and O–H groups in total. The molecule has 30 heavy (non-hydrogen) atoms. The first-order valence-corrected chi connectivity index (χ1v) is 10.5. The van der Waals surface area contributed by atoms with Gasteiger partial charge < -0.3 is 4.90 Å². The van der Waals surface area contributed by atoms with Crippen molar-refractivity contribution in [3.05, 3.63) is 108 Å². The second-order valence-corrected chi connectivity index (χ2v) is 7.77. The van der Waals surface area contributed by atoms with Crippen molar-refractivity contribution in [2.45, 2.75) is 18.9 Å². The van der Waals surface area contributed by atoms with Crippen LogP contribution in [0.2, 0.25) is 0 Å². The zero-order valence-corrected chi connectivity index (χ0v) is 19.0. The van der Waals surface area contributed by atoms with Gasteiger partial charge in [-0.25, -0.2) is 0 Å². The second kappa shape index (κ2) is 12.8. The Bertz CT molecular complexity index is 780. The van der Waals surface area contributed by atoms with E-state index in [2.05, 4.69) is 101 Å². The van der Waals surface area contributed by atoms with Crippen LogP contribution in [0.15, 0.2) is 91.0 Å². The van der Waals surface area contributed by atoms with Gasteiger partial charge in [0, 0.05) is 38.6 Å². The van der Waals surface area contributed by atoms with E-state index in [-0.39, 0.29) is 24.8 Å². The van der Waals surface area contributed by atoms with E-state index in [1.165, 1.54) is 36.2 Å². The Labute approximate surface area is 193 Å². The number of benzene rings is 3. The van der Waals surface area contributed by atoms with E-state index in [1.807, 2.05) is 0 Å². The first kappa shape index (κ1) is 24.4. The lowest BCUT2D eigenvalue weighted by Gasteiger charge is -2.35. The van der Waals surface area contributed by atoms with Crippen LogP contribution in [0.5, 0.6) is 0 Å². The monoisotopic (exact) mass is 442 g/mol. The van der Waals surface area contributed by atoms with E-state index < -0.39 is 0 Å². The van der Waals surface area contributed by atoms with E-state index in [4.69, 9.17) is 0 Å². The van der Waals surface area contributed by atoms with E-state index >= 15 is 0 Å². The third kappa shape index (κ3) is 6.85. The van der Waals surface area contributed by atoms with Gasteiger partial charge in [-0.1, -0.05) is 91.0 Å². The first-order chi connectivity index (χ1) is 13.9. The molecule has 4 heteroatoms. The summed E-state index contributed by atoms with van der Waals surface area (Å²) in [7, 11) is 0. The van der Waals surface area contributed by atoms with Crippen LogP contribution in [0.25, 0.3) is 0 Å². The molecule has 0 atom stereocenters. The molecule has 1 saturated heterocycles. The molecule has 0 saturated carbocycles. The van der Waals surface area contributed by atoms with Crippen molar-refractivity contribution in [3.8, 4) is 0 Å². The van der Waals surface area contributed by atoms with Gasteiger partial charge in [-0.05, 0) is 29.7 Å². The maximum atomic E-state index is 2.64. The zero-order chi connectivity index (χ0) is 19.0. The fourth-order valence-corrected chi connectivity index (χ4v) is 4.22. The van der Waals surface area contributed by atoms with Gasteiger partial charge in [-0.15, -0.1) is 24.8 Å². The fourth-order valence-electron chi connectivity index (χ4n) is 4.22. The highest BCUT2D eigenvalue weighted by Gasteiger charge is 2.19. The number of rotatable bonds is 7. The largest absolute Gasteiger partial charge is 0.301 e. The number of hydrogen-bond donors (Lipinski definition) is 0. The number of nitrogens with zero attached hydrogens (tertiary/aromatic N) is 2. The minimum atomic E-state index is 0. The van der Waals surface area contributed by atoms with Crippen LogP contribution in [0.4, 0.5) is 0 Å². The van der Waals surface area contributed by atoms with Crippen molar-refractivity contribution in [1.29, 1.82) is 0 Å². The summed E-state index contributed by atoms with van der Waals surface area (Å²) in [6.45, 7) is 6.90. The zero-order valence-electron chi connectivity index (χ0n) is 17.4. The Kier molecular flexibility index (Phi) is 10.4. The lowest BCUT2D eigenvalue weighted by molar-refractivity contribution is 0.125. The van der Waals surface area contributed by atoms with Crippen molar-refractivity contribution >= 4 is 24.8 Å². The first-order valence-electron chi connectivity index (χ1n) is 10.5. The average Bonchev–Trinajstić information content (AvgIpc) is 2.77. The smallest absolute Gasteiger partial charge is 0.0234 e. The highest BCUT2D eigenvalue weighted by atomic mass is 35.5. The van der Waals surface area contributed by atoms with Gasteiger partial charge in [-0.3, -0.25) is 4.90 Å². The molecule has 0 spiro atoms. The SMILES string of the molecule is Cl.Cl.c1ccc(CN2CCN(CCC(c3ccccc3)c3ccccc3)CC2)cc1. The Hall–Kier alpha value is -1.84. The van der Waals surface area contributed by atoms with E-state index in [0.29, 0.717) is 5.92 Å². The van der Waals surface area contributed by atoms with Crippen molar-refractivity contribution in [1.82, 2.24) is 9.80 Å². The Morgan fingerprint density at radius 1 is 0.567 bits per heavy atom. The number of piperazine rings is 1.